The van der Waals surface area contributed by atoms with Crippen molar-refractivity contribution in [1.29, 1.82) is 0 Å². The van der Waals surface area contributed by atoms with E-state index in [2.05, 4.69) is 27.0 Å². The summed E-state index contributed by atoms with van der Waals surface area (Å²) in [5.41, 5.74) is 2.16. The smallest absolute Gasteiger partial charge is 0.308 e. The van der Waals surface area contributed by atoms with Gasteiger partial charge in [0.2, 0.25) is 0 Å². The van der Waals surface area contributed by atoms with Crippen LogP contribution in [0.5, 0.6) is 0 Å². The second-order valence-electron chi connectivity index (χ2n) is 25.6. The first kappa shape index (κ1) is 49.4. The molecule has 16 aliphatic heterocycles. The summed E-state index contributed by atoms with van der Waals surface area (Å²) < 4.78 is 102. The van der Waals surface area contributed by atoms with Crippen LogP contribution in [0.15, 0.2) is 24.3 Å². The fourth-order valence-corrected chi connectivity index (χ4v) is 17.0. The summed E-state index contributed by atoms with van der Waals surface area (Å²) in [6.07, 6.45) is 4.94. The number of aliphatic hydroxyl groups is 2. The van der Waals surface area contributed by atoms with Gasteiger partial charge in [-0.3, -0.25) is 4.79 Å². The van der Waals surface area contributed by atoms with Gasteiger partial charge in [-0.25, -0.2) is 0 Å². The molecule has 0 aromatic heterocycles. The molecule has 18 nitrogen and oxygen atoms in total. The minimum Gasteiger partial charge on any atom is -0.459 e. The Morgan fingerprint density at radius 3 is 2.04 bits per heavy atom. The summed E-state index contributed by atoms with van der Waals surface area (Å²) in [4.78, 5) is 14.4. The summed E-state index contributed by atoms with van der Waals surface area (Å²) >= 11 is 0. The van der Waals surface area contributed by atoms with Gasteiger partial charge in [0, 0.05) is 64.2 Å². The molecule has 0 saturated carbocycles. The highest BCUT2D eigenvalue weighted by Crippen LogP contribution is 2.57. The van der Waals surface area contributed by atoms with Crippen molar-refractivity contribution in [1.82, 2.24) is 0 Å². The van der Waals surface area contributed by atoms with E-state index in [1.807, 2.05) is 0 Å². The number of carbonyl (C=O) groups is 1. The molecule has 18 heteroatoms. The second-order valence-corrected chi connectivity index (χ2v) is 25.6. The Hall–Kier alpha value is -1.69. The Morgan fingerprint density at radius 1 is 0.486 bits per heavy atom. The number of esters is 1. The monoisotopic (exact) mass is 1040 g/mol. The lowest BCUT2D eigenvalue weighted by molar-refractivity contribution is -0.365. The first-order chi connectivity index (χ1) is 35.8. The standard InChI is InChI=1S/C56H78O18/c1-25-13-29-5-7-33-26(2)14-31(60-33)9-11-55-23-45-50(73-55)51-52(67-45)53(74-55)49-35(66-51)8-6-30(62-49)15-47(59)65-40-18-38-39(63-37(40)17-36(61-29)28(25)4)19-41-43(64-38)21-56(70-41)22-44-34(69-56)10-12-54(72-44)20-27(3)48-42(71-54)16-32(58)46(24-57)68-48/h25,27,29-46,48-53,57-58H,2,4-24H2,1,3H3/t25-,27+,29+,30?,31?,32?,33?,34?,35?,36-,37+,38?,39+,40?,41-,42?,43-,44?,45-,46?,48?,49+,50?,51?,52?,53?,54?,55+,56+/m1/s1. The van der Waals surface area contributed by atoms with Crippen LogP contribution in [0.25, 0.3) is 0 Å². The zero-order valence-electron chi connectivity index (χ0n) is 43.0. The number of hydrogen-bond donors (Lipinski definition) is 2. The van der Waals surface area contributed by atoms with Gasteiger partial charge in [-0.05, 0) is 74.3 Å². The molecule has 2 N–H and O–H groups in total. The summed E-state index contributed by atoms with van der Waals surface area (Å²) in [5, 5.41) is 20.5. The van der Waals surface area contributed by atoms with Crippen LogP contribution in [0, 0.1) is 11.8 Å². The molecule has 0 aromatic carbocycles. The van der Waals surface area contributed by atoms with E-state index in [-0.39, 0.29) is 141 Å². The first-order valence-corrected chi connectivity index (χ1v) is 28.9. The highest BCUT2D eigenvalue weighted by molar-refractivity contribution is 5.70. The van der Waals surface area contributed by atoms with Crippen LogP contribution in [-0.4, -0.2) is 187 Å². The SMILES string of the molecule is C=C1CC2CC[C@@]34C[C@H]5OC6C(OC7CCC(CC(=O)OC8CC9O[C@@H]%10C[C@@]%11(CC%12OC%13(CCC%12O%11)C[C@H](C)C%11OC(CO)C(O)CC%11O%13)O[C@@H]%10C[C@@H]9O[C@H]8C[C@H]8O[C@@H](CCC1O2)C[C@@H](C)C8=C)O[C@@H]7C6O3)C5O4. The molecule has 16 heterocycles. The van der Waals surface area contributed by atoms with Gasteiger partial charge in [0.15, 0.2) is 17.4 Å². The van der Waals surface area contributed by atoms with Gasteiger partial charge in [-0.2, -0.15) is 0 Å². The Labute approximate surface area is 433 Å². The van der Waals surface area contributed by atoms with Crippen LogP contribution < -0.4 is 0 Å². The maximum Gasteiger partial charge on any atom is 0.308 e. The van der Waals surface area contributed by atoms with Crippen LogP contribution >= 0.6 is 0 Å². The second kappa shape index (κ2) is 18.4. The number of aliphatic hydroxyl groups excluding tert-OH is 2. The predicted molar refractivity (Wildman–Crippen MR) is 254 cm³/mol. The number of fused-ring (bicyclic) bond motifs is 10. The van der Waals surface area contributed by atoms with Crippen LogP contribution in [0.4, 0.5) is 0 Å². The molecule has 12 bridgehead atoms. The van der Waals surface area contributed by atoms with Crippen LogP contribution in [0.3, 0.4) is 0 Å². The molecule has 16 saturated heterocycles. The maximum atomic E-state index is 14.4. The van der Waals surface area contributed by atoms with Crippen molar-refractivity contribution in [2.45, 2.75) is 300 Å². The Kier molecular flexibility index (Phi) is 12.3. The van der Waals surface area contributed by atoms with E-state index < -0.39 is 54.0 Å². The molecule has 0 radical (unpaired) electrons. The van der Waals surface area contributed by atoms with Crippen molar-refractivity contribution in [3.8, 4) is 0 Å². The van der Waals surface area contributed by atoms with E-state index in [9.17, 15) is 15.0 Å². The quantitative estimate of drug-likeness (QED) is 0.271. The minimum absolute atomic E-state index is 0.00357. The topological polar surface area (TPSA) is 196 Å². The van der Waals surface area contributed by atoms with Gasteiger partial charge < -0.3 is 81.3 Å². The lowest BCUT2D eigenvalue weighted by Gasteiger charge is -2.53. The van der Waals surface area contributed by atoms with E-state index in [1.54, 1.807) is 0 Å². The van der Waals surface area contributed by atoms with Crippen LogP contribution in [-0.2, 0) is 75.8 Å². The Morgan fingerprint density at radius 2 is 1.16 bits per heavy atom. The summed E-state index contributed by atoms with van der Waals surface area (Å²) in [6.45, 7) is 13.2. The summed E-state index contributed by atoms with van der Waals surface area (Å²) in [5.74, 6) is -2.50. The van der Waals surface area contributed by atoms with E-state index in [0.29, 0.717) is 70.6 Å². The highest BCUT2D eigenvalue weighted by atomic mass is 16.8. The number of ether oxygens (including phenoxy) is 15. The van der Waals surface area contributed by atoms with Crippen molar-refractivity contribution >= 4 is 5.97 Å². The van der Waals surface area contributed by atoms with Gasteiger partial charge in [0.1, 0.15) is 42.7 Å². The van der Waals surface area contributed by atoms with E-state index in [1.165, 1.54) is 0 Å². The number of hydrogen-bond acceptors (Lipinski definition) is 18. The third-order valence-corrected chi connectivity index (χ3v) is 20.6. The van der Waals surface area contributed by atoms with E-state index >= 15 is 0 Å². The van der Waals surface area contributed by atoms with Crippen molar-refractivity contribution in [3.05, 3.63) is 24.3 Å². The number of carbonyl (C=O) groups excluding carboxylic acids is 1. The van der Waals surface area contributed by atoms with Crippen molar-refractivity contribution in [2.75, 3.05) is 6.61 Å². The minimum atomic E-state index is -0.881. The Bertz CT molecular complexity index is 2200. The van der Waals surface area contributed by atoms with Gasteiger partial charge in [-0.15, -0.1) is 0 Å². The van der Waals surface area contributed by atoms with Crippen LogP contribution in [0.2, 0.25) is 0 Å². The fourth-order valence-electron chi connectivity index (χ4n) is 17.0. The molecule has 0 aliphatic carbocycles. The summed E-state index contributed by atoms with van der Waals surface area (Å²) in [7, 11) is 0. The molecule has 29 atom stereocenters. The zero-order chi connectivity index (χ0) is 50.0. The molecule has 0 amide bonds. The van der Waals surface area contributed by atoms with Gasteiger partial charge >= 0.3 is 5.97 Å². The highest BCUT2D eigenvalue weighted by Gasteiger charge is 2.69. The molecular weight excluding hydrogens is 961 g/mol. The average molecular weight is 1040 g/mol. The Balaban J connectivity index is 0.655. The maximum absolute atomic E-state index is 14.4. The lowest BCUT2D eigenvalue weighted by atomic mass is 9.81. The average Bonchev–Trinajstić information content (AvgIpc) is 4.15. The van der Waals surface area contributed by atoms with Crippen molar-refractivity contribution in [2.24, 2.45) is 11.8 Å². The third kappa shape index (κ3) is 8.42. The lowest BCUT2D eigenvalue weighted by Crippen LogP contribution is -2.61. The van der Waals surface area contributed by atoms with Gasteiger partial charge in [0.05, 0.1) is 117 Å². The summed E-state index contributed by atoms with van der Waals surface area (Å²) in [6, 6.07) is 0. The molecule has 16 aliphatic rings. The predicted octanol–water partition coefficient (Wildman–Crippen LogP) is 4.68. The largest absolute Gasteiger partial charge is 0.459 e. The van der Waals surface area contributed by atoms with E-state index in [4.69, 9.17) is 71.1 Å². The zero-order valence-corrected chi connectivity index (χ0v) is 43.0. The van der Waals surface area contributed by atoms with E-state index in [0.717, 1.165) is 56.1 Å². The third-order valence-electron chi connectivity index (χ3n) is 20.6. The molecule has 3 spiro atoms. The molecule has 17 unspecified atom stereocenters. The van der Waals surface area contributed by atoms with Gasteiger partial charge in [-0.1, -0.05) is 27.0 Å². The van der Waals surface area contributed by atoms with Crippen molar-refractivity contribution in [3.63, 3.8) is 0 Å². The normalized spacial score (nSPS) is 58.5. The number of rotatable bonds is 1. The molecule has 74 heavy (non-hydrogen) atoms. The van der Waals surface area contributed by atoms with Crippen LogP contribution in [0.1, 0.15) is 136 Å². The molecule has 410 valence electrons. The van der Waals surface area contributed by atoms with Crippen molar-refractivity contribution < 1.29 is 86.1 Å². The molecular formula is C56H78O18. The molecule has 0 aromatic rings. The molecule has 16 rings (SSSR count). The fraction of sp³-hybridized carbons (Fsp3) is 0.911. The first-order valence-electron chi connectivity index (χ1n) is 28.9. The molecule has 16 fully saturated rings. The van der Waals surface area contributed by atoms with Gasteiger partial charge in [0.25, 0.3) is 0 Å².